The van der Waals surface area contributed by atoms with Crippen LogP contribution in [0.5, 0.6) is 5.75 Å². The lowest BCUT2D eigenvalue weighted by atomic mass is 10.3. The van der Waals surface area contributed by atoms with Gasteiger partial charge in [-0.2, -0.15) is 0 Å². The highest BCUT2D eigenvalue weighted by Gasteiger charge is 2.16. The second kappa shape index (κ2) is 6.61. The van der Waals surface area contributed by atoms with Gasteiger partial charge in [0.05, 0.1) is 4.90 Å². The Morgan fingerprint density at radius 3 is 2.30 bits per heavy atom. The van der Waals surface area contributed by atoms with Gasteiger partial charge in [0.1, 0.15) is 5.75 Å². The molecule has 2 aromatic rings. The summed E-state index contributed by atoms with van der Waals surface area (Å²) in [7, 11) is -4.06. The Morgan fingerprint density at radius 2 is 1.74 bits per heavy atom. The fourth-order valence-electron chi connectivity index (χ4n) is 1.63. The number of rotatable bonds is 6. The lowest BCUT2D eigenvalue weighted by molar-refractivity contribution is -0.119. The minimum Gasteiger partial charge on any atom is -0.484 e. The Labute approximate surface area is 130 Å². The molecule has 0 bridgehead atoms. The molecule has 0 aliphatic carbocycles. The van der Waals surface area contributed by atoms with Crippen LogP contribution in [0.25, 0.3) is 0 Å². The van der Waals surface area contributed by atoms with Crippen LogP contribution in [0, 0.1) is 11.6 Å². The highest BCUT2D eigenvalue weighted by molar-refractivity contribution is 7.92. The molecule has 0 heterocycles. The number of sulfonamides is 1. The SMILES string of the molecule is NC(=O)COc1ccc(NS(=O)(=O)c2ccc(F)c(F)c2)cc1. The van der Waals surface area contributed by atoms with E-state index in [0.29, 0.717) is 11.8 Å². The molecular formula is C14H12F2N2O4S. The van der Waals surface area contributed by atoms with Crippen LogP contribution in [-0.2, 0) is 14.8 Å². The van der Waals surface area contributed by atoms with Gasteiger partial charge in [-0.05, 0) is 42.5 Å². The van der Waals surface area contributed by atoms with Gasteiger partial charge in [-0.15, -0.1) is 0 Å². The van der Waals surface area contributed by atoms with Gasteiger partial charge in [0.25, 0.3) is 15.9 Å². The fourth-order valence-corrected chi connectivity index (χ4v) is 2.70. The van der Waals surface area contributed by atoms with Gasteiger partial charge in [-0.25, -0.2) is 17.2 Å². The number of nitrogens with two attached hydrogens (primary N) is 1. The normalized spacial score (nSPS) is 11.0. The summed E-state index contributed by atoms with van der Waals surface area (Å²) in [5.41, 5.74) is 5.11. The molecule has 6 nitrogen and oxygen atoms in total. The third kappa shape index (κ3) is 4.39. The molecule has 0 unspecified atom stereocenters. The smallest absolute Gasteiger partial charge is 0.261 e. The second-order valence-corrected chi connectivity index (χ2v) is 6.14. The first-order valence-corrected chi connectivity index (χ1v) is 7.75. The molecule has 122 valence electrons. The summed E-state index contributed by atoms with van der Waals surface area (Å²) in [4.78, 5) is 10.2. The van der Waals surface area contributed by atoms with Crippen LogP contribution >= 0.6 is 0 Å². The Bertz CT molecular complexity index is 823. The average molecular weight is 342 g/mol. The highest BCUT2D eigenvalue weighted by Crippen LogP contribution is 2.20. The van der Waals surface area contributed by atoms with E-state index in [2.05, 4.69) is 4.72 Å². The van der Waals surface area contributed by atoms with Gasteiger partial charge in [0.15, 0.2) is 18.2 Å². The zero-order valence-electron chi connectivity index (χ0n) is 11.6. The van der Waals surface area contributed by atoms with Crippen LogP contribution in [-0.4, -0.2) is 20.9 Å². The number of hydrogen-bond acceptors (Lipinski definition) is 4. The number of benzene rings is 2. The van der Waals surface area contributed by atoms with Crippen molar-refractivity contribution in [1.82, 2.24) is 0 Å². The molecule has 0 saturated carbocycles. The lowest BCUT2D eigenvalue weighted by Crippen LogP contribution is -2.20. The molecule has 0 spiro atoms. The van der Waals surface area contributed by atoms with Gasteiger partial charge < -0.3 is 10.5 Å². The standard InChI is InChI=1S/C14H12F2N2O4S/c15-12-6-5-11(7-13(12)16)23(20,21)18-9-1-3-10(4-2-9)22-8-14(17)19/h1-7,18H,8H2,(H2,17,19). The Kier molecular flexibility index (Phi) is 4.80. The molecule has 0 saturated heterocycles. The van der Waals surface area contributed by atoms with Crippen molar-refractivity contribution in [2.75, 3.05) is 11.3 Å². The van der Waals surface area contributed by atoms with Gasteiger partial charge in [-0.1, -0.05) is 0 Å². The molecule has 0 aliphatic heterocycles. The van der Waals surface area contributed by atoms with E-state index in [1.807, 2.05) is 0 Å². The zero-order valence-corrected chi connectivity index (χ0v) is 12.4. The van der Waals surface area contributed by atoms with Crippen LogP contribution in [0.15, 0.2) is 47.4 Å². The molecule has 0 aromatic heterocycles. The summed E-state index contributed by atoms with van der Waals surface area (Å²) in [6.45, 7) is -0.306. The largest absolute Gasteiger partial charge is 0.484 e. The van der Waals surface area contributed by atoms with Crippen LogP contribution in [0.1, 0.15) is 0 Å². The van der Waals surface area contributed by atoms with E-state index in [9.17, 15) is 22.0 Å². The number of nitrogens with one attached hydrogen (secondary N) is 1. The summed E-state index contributed by atoms with van der Waals surface area (Å²) in [5, 5.41) is 0. The minimum atomic E-state index is -4.06. The molecule has 0 aliphatic rings. The van der Waals surface area contributed by atoms with Crippen LogP contribution in [0.4, 0.5) is 14.5 Å². The van der Waals surface area contributed by atoms with Crippen LogP contribution in [0.2, 0.25) is 0 Å². The molecule has 0 fully saturated rings. The Hall–Kier alpha value is -2.68. The van der Waals surface area contributed by atoms with E-state index in [0.717, 1.165) is 12.1 Å². The van der Waals surface area contributed by atoms with Gasteiger partial charge in [0.2, 0.25) is 0 Å². The number of anilines is 1. The van der Waals surface area contributed by atoms with Crippen molar-refractivity contribution < 1.29 is 26.7 Å². The third-order valence-corrected chi connectivity index (χ3v) is 4.07. The summed E-state index contributed by atoms with van der Waals surface area (Å²) in [5.74, 6) is -2.73. The Morgan fingerprint density at radius 1 is 1.09 bits per heavy atom. The number of ether oxygens (including phenoxy) is 1. The van der Waals surface area contributed by atoms with E-state index in [-0.39, 0.29) is 12.3 Å². The lowest BCUT2D eigenvalue weighted by Gasteiger charge is -2.09. The van der Waals surface area contributed by atoms with Crippen molar-refractivity contribution in [2.45, 2.75) is 4.90 Å². The van der Waals surface area contributed by atoms with Gasteiger partial charge in [0, 0.05) is 5.69 Å². The monoisotopic (exact) mass is 342 g/mol. The second-order valence-electron chi connectivity index (χ2n) is 4.46. The molecule has 0 atom stereocenters. The first kappa shape index (κ1) is 16.7. The molecule has 23 heavy (non-hydrogen) atoms. The summed E-state index contributed by atoms with van der Waals surface area (Å²) >= 11 is 0. The van der Waals surface area contributed by atoms with Crippen LogP contribution < -0.4 is 15.2 Å². The van der Waals surface area contributed by atoms with Gasteiger partial charge in [-0.3, -0.25) is 9.52 Å². The third-order valence-electron chi connectivity index (χ3n) is 2.69. The number of amides is 1. The number of halogens is 2. The van der Waals surface area contributed by atoms with Crippen molar-refractivity contribution in [3.8, 4) is 5.75 Å². The van der Waals surface area contributed by atoms with Crippen molar-refractivity contribution in [2.24, 2.45) is 5.73 Å². The number of carbonyl (C=O) groups excluding carboxylic acids is 1. The van der Waals surface area contributed by atoms with Crippen molar-refractivity contribution in [3.05, 3.63) is 54.1 Å². The first-order chi connectivity index (χ1) is 10.8. The maximum atomic E-state index is 13.1. The Balaban J connectivity index is 2.13. The average Bonchev–Trinajstić information content (AvgIpc) is 2.49. The molecule has 0 radical (unpaired) electrons. The predicted molar refractivity (Wildman–Crippen MR) is 78.3 cm³/mol. The molecule has 2 rings (SSSR count). The van der Waals surface area contributed by atoms with Gasteiger partial charge >= 0.3 is 0 Å². The van der Waals surface area contributed by atoms with E-state index >= 15 is 0 Å². The number of primary amides is 1. The molecule has 1 amide bonds. The molecular weight excluding hydrogens is 330 g/mol. The molecule has 2 aromatic carbocycles. The van der Waals surface area contributed by atoms with Crippen molar-refractivity contribution >= 4 is 21.6 Å². The molecule has 9 heteroatoms. The summed E-state index contributed by atoms with van der Waals surface area (Å²) < 4.78 is 57.4. The fraction of sp³-hybridized carbons (Fsp3) is 0.0714. The topological polar surface area (TPSA) is 98.5 Å². The number of carbonyl (C=O) groups is 1. The highest BCUT2D eigenvalue weighted by atomic mass is 32.2. The summed E-state index contributed by atoms with van der Waals surface area (Å²) in [6, 6.07) is 7.87. The maximum Gasteiger partial charge on any atom is 0.261 e. The first-order valence-electron chi connectivity index (χ1n) is 6.27. The number of hydrogen-bond donors (Lipinski definition) is 2. The quantitative estimate of drug-likeness (QED) is 0.833. The van der Waals surface area contributed by atoms with E-state index in [1.165, 1.54) is 24.3 Å². The van der Waals surface area contributed by atoms with Crippen molar-refractivity contribution in [3.63, 3.8) is 0 Å². The predicted octanol–water partition coefficient (Wildman–Crippen LogP) is 1.63. The minimum absolute atomic E-state index is 0.182. The van der Waals surface area contributed by atoms with Crippen LogP contribution in [0.3, 0.4) is 0 Å². The zero-order chi connectivity index (χ0) is 17.0. The molecule has 3 N–H and O–H groups in total. The maximum absolute atomic E-state index is 13.1. The summed E-state index contributed by atoms with van der Waals surface area (Å²) in [6.07, 6.45) is 0. The van der Waals surface area contributed by atoms with E-state index < -0.39 is 32.5 Å². The van der Waals surface area contributed by atoms with E-state index in [4.69, 9.17) is 10.5 Å². The van der Waals surface area contributed by atoms with E-state index in [1.54, 1.807) is 0 Å². The van der Waals surface area contributed by atoms with Crippen molar-refractivity contribution in [1.29, 1.82) is 0 Å².